The van der Waals surface area contributed by atoms with Crippen LogP contribution in [0.4, 0.5) is 5.69 Å². The van der Waals surface area contributed by atoms with Crippen LogP contribution in [0.5, 0.6) is 5.88 Å². The van der Waals surface area contributed by atoms with Crippen LogP contribution in [0.25, 0.3) is 10.9 Å². The third kappa shape index (κ3) is 3.16. The number of rotatable bonds is 3. The Labute approximate surface area is 156 Å². The van der Waals surface area contributed by atoms with E-state index < -0.39 is 0 Å². The lowest BCUT2D eigenvalue weighted by Crippen LogP contribution is -2.03. The van der Waals surface area contributed by atoms with Crippen LogP contribution in [0, 0.1) is 18.3 Å². The van der Waals surface area contributed by atoms with E-state index in [4.69, 9.17) is 4.99 Å². The zero-order valence-electron chi connectivity index (χ0n) is 14.6. The molecule has 0 aliphatic rings. The number of benzene rings is 2. The minimum absolute atomic E-state index is 0.0217. The number of aromatic hydroxyl groups is 1. The molecule has 0 aliphatic carbocycles. The number of fused-ring (bicyclic) bond motifs is 1. The van der Waals surface area contributed by atoms with Crippen LogP contribution in [0.15, 0.2) is 71.9 Å². The molecule has 5 heteroatoms. The van der Waals surface area contributed by atoms with Gasteiger partial charge in [0.05, 0.1) is 28.6 Å². The van der Waals surface area contributed by atoms with Crippen molar-refractivity contribution in [3.63, 3.8) is 0 Å². The first-order valence-corrected chi connectivity index (χ1v) is 8.47. The Balaban J connectivity index is 2.02. The Morgan fingerprint density at radius 2 is 1.93 bits per heavy atom. The fourth-order valence-corrected chi connectivity index (χ4v) is 3.08. The molecule has 0 amide bonds. The Kier molecular flexibility index (Phi) is 4.15. The number of pyridine rings is 1. The van der Waals surface area contributed by atoms with E-state index in [-0.39, 0.29) is 5.88 Å². The van der Waals surface area contributed by atoms with Crippen molar-refractivity contribution in [2.75, 3.05) is 0 Å². The number of nitrogens with one attached hydrogen (secondary N) is 1. The highest BCUT2D eigenvalue weighted by Gasteiger charge is 2.19. The molecule has 0 unspecified atom stereocenters. The van der Waals surface area contributed by atoms with Crippen LogP contribution in [-0.2, 0) is 0 Å². The highest BCUT2D eigenvalue weighted by atomic mass is 16.3. The van der Waals surface area contributed by atoms with Crippen molar-refractivity contribution >= 4 is 22.3 Å². The summed E-state index contributed by atoms with van der Waals surface area (Å²) in [6, 6.07) is 20.8. The number of hydrogen-bond donors (Lipinski definition) is 2. The SMILES string of the molecule is Cc1cc(N=C(c2ccccc2)c2c(O)[nH]c3ccc(C#N)cc23)ccn1. The predicted molar refractivity (Wildman–Crippen MR) is 105 cm³/mol. The lowest BCUT2D eigenvalue weighted by Gasteiger charge is -2.08. The molecule has 2 aromatic carbocycles. The van der Waals surface area contributed by atoms with E-state index in [1.54, 1.807) is 24.4 Å². The fraction of sp³-hybridized carbons (Fsp3) is 0.0455. The van der Waals surface area contributed by atoms with Gasteiger partial charge in [-0.2, -0.15) is 5.26 Å². The second-order valence-corrected chi connectivity index (χ2v) is 6.20. The van der Waals surface area contributed by atoms with E-state index in [2.05, 4.69) is 16.0 Å². The Bertz CT molecular complexity index is 1200. The molecule has 5 nitrogen and oxygen atoms in total. The number of H-pyrrole nitrogens is 1. The maximum absolute atomic E-state index is 10.6. The number of aryl methyl sites for hydroxylation is 1. The molecule has 0 atom stereocenters. The van der Waals surface area contributed by atoms with E-state index in [1.807, 2.05) is 49.4 Å². The molecule has 0 fully saturated rings. The highest BCUT2D eigenvalue weighted by molar-refractivity contribution is 6.22. The van der Waals surface area contributed by atoms with Crippen molar-refractivity contribution in [1.29, 1.82) is 5.26 Å². The molecule has 4 aromatic rings. The van der Waals surface area contributed by atoms with Gasteiger partial charge in [-0.3, -0.25) is 4.98 Å². The first-order chi connectivity index (χ1) is 13.2. The topological polar surface area (TPSA) is 85.1 Å². The molecule has 2 heterocycles. The lowest BCUT2D eigenvalue weighted by atomic mass is 10.00. The van der Waals surface area contributed by atoms with Gasteiger partial charge in [-0.1, -0.05) is 30.3 Å². The summed E-state index contributed by atoms with van der Waals surface area (Å²) in [5, 5.41) is 20.6. The molecule has 0 bridgehead atoms. The standard InChI is InChI=1S/C22H16N4O/c1-14-11-17(9-10-24-14)25-21(16-5-3-2-4-6-16)20-18-12-15(13-23)7-8-19(18)26-22(20)27/h2-12,26-27H,1H3. The van der Waals surface area contributed by atoms with Crippen LogP contribution in [-0.4, -0.2) is 20.8 Å². The average Bonchev–Trinajstić information content (AvgIpc) is 3.01. The number of nitriles is 1. The van der Waals surface area contributed by atoms with Crippen LogP contribution >= 0.6 is 0 Å². The van der Waals surface area contributed by atoms with Gasteiger partial charge < -0.3 is 10.1 Å². The maximum atomic E-state index is 10.6. The summed E-state index contributed by atoms with van der Waals surface area (Å²) >= 11 is 0. The summed E-state index contributed by atoms with van der Waals surface area (Å²) in [5.41, 5.74) is 4.93. The fourth-order valence-electron chi connectivity index (χ4n) is 3.08. The number of aromatic nitrogens is 2. The molecule has 0 aliphatic heterocycles. The third-order valence-corrected chi connectivity index (χ3v) is 4.31. The van der Waals surface area contributed by atoms with E-state index >= 15 is 0 Å². The average molecular weight is 352 g/mol. The molecule has 0 spiro atoms. The van der Waals surface area contributed by atoms with Gasteiger partial charge >= 0.3 is 0 Å². The van der Waals surface area contributed by atoms with Crippen molar-refractivity contribution in [1.82, 2.24) is 9.97 Å². The zero-order chi connectivity index (χ0) is 18.8. The van der Waals surface area contributed by atoms with Gasteiger partial charge in [-0.25, -0.2) is 4.99 Å². The van der Waals surface area contributed by atoms with Gasteiger partial charge in [0, 0.05) is 28.4 Å². The molecule has 0 saturated carbocycles. The van der Waals surface area contributed by atoms with E-state index in [1.165, 1.54) is 0 Å². The number of hydrogen-bond acceptors (Lipinski definition) is 4. The number of aromatic amines is 1. The van der Waals surface area contributed by atoms with E-state index in [9.17, 15) is 10.4 Å². The highest BCUT2D eigenvalue weighted by Crippen LogP contribution is 2.32. The quantitative estimate of drug-likeness (QED) is 0.528. The molecule has 27 heavy (non-hydrogen) atoms. The second-order valence-electron chi connectivity index (χ2n) is 6.20. The zero-order valence-corrected chi connectivity index (χ0v) is 14.6. The van der Waals surface area contributed by atoms with Crippen LogP contribution in [0.2, 0.25) is 0 Å². The molecule has 0 radical (unpaired) electrons. The van der Waals surface area contributed by atoms with Gasteiger partial charge in [0.2, 0.25) is 0 Å². The predicted octanol–water partition coefficient (Wildman–Crippen LogP) is 4.62. The van der Waals surface area contributed by atoms with Gasteiger partial charge in [-0.15, -0.1) is 0 Å². The summed E-state index contributed by atoms with van der Waals surface area (Å²) in [5.74, 6) is 0.0217. The van der Waals surface area contributed by atoms with Crippen molar-refractivity contribution < 1.29 is 5.11 Å². The maximum Gasteiger partial charge on any atom is 0.199 e. The van der Waals surface area contributed by atoms with Crippen molar-refractivity contribution in [2.24, 2.45) is 4.99 Å². The third-order valence-electron chi connectivity index (χ3n) is 4.31. The Morgan fingerprint density at radius 3 is 2.67 bits per heavy atom. The largest absolute Gasteiger partial charge is 0.494 e. The number of nitrogens with zero attached hydrogens (tertiary/aromatic N) is 3. The first kappa shape index (κ1) is 16.6. The molecule has 4 rings (SSSR count). The summed E-state index contributed by atoms with van der Waals surface area (Å²) < 4.78 is 0. The summed E-state index contributed by atoms with van der Waals surface area (Å²) in [7, 11) is 0. The van der Waals surface area contributed by atoms with Gasteiger partial charge in [0.15, 0.2) is 5.88 Å². The van der Waals surface area contributed by atoms with Crippen LogP contribution in [0.1, 0.15) is 22.4 Å². The van der Waals surface area contributed by atoms with Gasteiger partial charge in [0.1, 0.15) is 0 Å². The summed E-state index contributed by atoms with van der Waals surface area (Å²) in [6.45, 7) is 1.91. The van der Waals surface area contributed by atoms with E-state index in [0.29, 0.717) is 16.8 Å². The van der Waals surface area contributed by atoms with Crippen molar-refractivity contribution in [3.8, 4) is 11.9 Å². The van der Waals surface area contributed by atoms with Crippen LogP contribution < -0.4 is 0 Å². The normalized spacial score (nSPS) is 11.5. The molecule has 2 N–H and O–H groups in total. The van der Waals surface area contributed by atoms with Gasteiger partial charge in [-0.05, 0) is 37.3 Å². The summed E-state index contributed by atoms with van der Waals surface area (Å²) in [6.07, 6.45) is 1.71. The van der Waals surface area contributed by atoms with Crippen molar-refractivity contribution in [2.45, 2.75) is 6.92 Å². The molecule has 2 aromatic heterocycles. The Morgan fingerprint density at radius 1 is 1.11 bits per heavy atom. The monoisotopic (exact) mass is 352 g/mol. The van der Waals surface area contributed by atoms with Crippen molar-refractivity contribution in [3.05, 3.63) is 89.2 Å². The number of aliphatic imine (C=N–C) groups is 1. The van der Waals surface area contributed by atoms with E-state index in [0.717, 1.165) is 27.8 Å². The molecule has 130 valence electrons. The first-order valence-electron chi connectivity index (χ1n) is 8.47. The minimum atomic E-state index is 0.0217. The minimum Gasteiger partial charge on any atom is -0.494 e. The lowest BCUT2D eigenvalue weighted by molar-refractivity contribution is 0.457. The smallest absolute Gasteiger partial charge is 0.199 e. The molecule has 0 saturated heterocycles. The Hall–Kier alpha value is -3.91. The van der Waals surface area contributed by atoms with Gasteiger partial charge in [0.25, 0.3) is 0 Å². The molecular weight excluding hydrogens is 336 g/mol. The second kappa shape index (κ2) is 6.77. The summed E-state index contributed by atoms with van der Waals surface area (Å²) in [4.78, 5) is 12.0. The molecular formula is C22H16N4O. The van der Waals surface area contributed by atoms with Crippen LogP contribution in [0.3, 0.4) is 0 Å².